The highest BCUT2D eigenvalue weighted by atomic mass is 35.5. The largest absolute Gasteiger partial charge is 0.493 e. The number of methoxy groups -OCH3 is 2. The maximum absolute atomic E-state index is 6.40. The van der Waals surface area contributed by atoms with Crippen molar-refractivity contribution >= 4 is 11.6 Å². The van der Waals surface area contributed by atoms with Crippen molar-refractivity contribution in [1.29, 1.82) is 0 Å². The molecule has 1 aromatic carbocycles. The first-order valence-corrected chi connectivity index (χ1v) is 7.07. The number of nitrogens with two attached hydrogens (primary N) is 1. The van der Waals surface area contributed by atoms with Gasteiger partial charge in [-0.05, 0) is 37.3 Å². The van der Waals surface area contributed by atoms with Crippen molar-refractivity contribution in [1.82, 2.24) is 0 Å². The fourth-order valence-electron chi connectivity index (χ4n) is 2.34. The molecule has 19 heavy (non-hydrogen) atoms. The Morgan fingerprint density at radius 1 is 1.21 bits per heavy atom. The molecule has 0 aliphatic heterocycles. The van der Waals surface area contributed by atoms with Crippen molar-refractivity contribution in [3.63, 3.8) is 0 Å². The predicted octanol–water partition coefficient (Wildman–Crippen LogP) is 3.76. The van der Waals surface area contributed by atoms with Crippen LogP contribution in [0.1, 0.15) is 43.7 Å². The lowest BCUT2D eigenvalue weighted by Crippen LogP contribution is -2.05. The summed E-state index contributed by atoms with van der Waals surface area (Å²) in [5.41, 5.74) is 7.85. The first-order valence-electron chi connectivity index (χ1n) is 6.70. The van der Waals surface area contributed by atoms with Gasteiger partial charge in [0.05, 0.1) is 14.2 Å². The SMILES string of the molecule is COc1cc(Cl)c(CCCCN)c(C(C)C)c1OC. The van der Waals surface area contributed by atoms with E-state index >= 15 is 0 Å². The number of unbranched alkanes of at least 4 members (excludes halogenated alkanes) is 1. The third-order valence-corrected chi connectivity index (χ3v) is 3.56. The maximum atomic E-state index is 6.40. The average Bonchev–Trinajstić information content (AvgIpc) is 2.39. The Balaban J connectivity index is 3.26. The Bertz CT molecular complexity index is 419. The molecule has 0 spiro atoms. The summed E-state index contributed by atoms with van der Waals surface area (Å²) in [5.74, 6) is 1.82. The third kappa shape index (κ3) is 3.77. The lowest BCUT2D eigenvalue weighted by molar-refractivity contribution is 0.349. The number of halogens is 1. The van der Waals surface area contributed by atoms with E-state index in [0.717, 1.165) is 41.2 Å². The van der Waals surface area contributed by atoms with Gasteiger partial charge in [-0.25, -0.2) is 0 Å². The average molecular weight is 286 g/mol. The van der Waals surface area contributed by atoms with E-state index in [1.54, 1.807) is 14.2 Å². The molecule has 0 amide bonds. The summed E-state index contributed by atoms with van der Waals surface area (Å²) in [6, 6.07) is 1.84. The number of benzene rings is 1. The minimum Gasteiger partial charge on any atom is -0.493 e. The van der Waals surface area contributed by atoms with E-state index < -0.39 is 0 Å². The summed E-state index contributed by atoms with van der Waals surface area (Å²) in [4.78, 5) is 0. The van der Waals surface area contributed by atoms with Crippen LogP contribution >= 0.6 is 11.6 Å². The van der Waals surface area contributed by atoms with Crippen LogP contribution in [0.15, 0.2) is 6.07 Å². The normalized spacial score (nSPS) is 10.9. The van der Waals surface area contributed by atoms with Gasteiger partial charge in [-0.2, -0.15) is 0 Å². The van der Waals surface area contributed by atoms with Gasteiger partial charge in [0.2, 0.25) is 0 Å². The van der Waals surface area contributed by atoms with Crippen molar-refractivity contribution in [2.75, 3.05) is 20.8 Å². The number of rotatable bonds is 7. The van der Waals surface area contributed by atoms with Crippen LogP contribution in [-0.4, -0.2) is 20.8 Å². The first kappa shape index (κ1) is 16.1. The molecule has 0 saturated carbocycles. The zero-order valence-corrected chi connectivity index (χ0v) is 13.0. The van der Waals surface area contributed by atoms with Crippen molar-refractivity contribution in [2.45, 2.75) is 39.0 Å². The molecule has 3 nitrogen and oxygen atoms in total. The van der Waals surface area contributed by atoms with E-state index in [9.17, 15) is 0 Å². The summed E-state index contributed by atoms with van der Waals surface area (Å²) in [6.07, 6.45) is 2.96. The van der Waals surface area contributed by atoms with E-state index in [0.29, 0.717) is 18.2 Å². The summed E-state index contributed by atoms with van der Waals surface area (Å²) < 4.78 is 10.9. The van der Waals surface area contributed by atoms with Gasteiger partial charge in [0, 0.05) is 16.7 Å². The number of ether oxygens (including phenoxy) is 2. The number of hydrogen-bond acceptors (Lipinski definition) is 3. The Kier molecular flexibility index (Phi) is 6.46. The molecule has 0 aliphatic rings. The van der Waals surface area contributed by atoms with Gasteiger partial charge in [0.15, 0.2) is 11.5 Å². The molecule has 108 valence electrons. The number of hydrogen-bond donors (Lipinski definition) is 1. The summed E-state index contributed by atoms with van der Waals surface area (Å²) in [7, 11) is 3.30. The molecular weight excluding hydrogens is 262 g/mol. The molecule has 0 saturated heterocycles. The molecule has 1 rings (SSSR count). The smallest absolute Gasteiger partial charge is 0.164 e. The molecular formula is C15H24ClNO2. The van der Waals surface area contributed by atoms with Gasteiger partial charge in [-0.1, -0.05) is 25.4 Å². The van der Waals surface area contributed by atoms with Crippen LogP contribution in [0.3, 0.4) is 0 Å². The van der Waals surface area contributed by atoms with E-state index in [4.69, 9.17) is 26.8 Å². The van der Waals surface area contributed by atoms with Gasteiger partial charge in [-0.15, -0.1) is 0 Å². The lowest BCUT2D eigenvalue weighted by Gasteiger charge is -2.21. The molecule has 1 aromatic rings. The molecule has 0 bridgehead atoms. The van der Waals surface area contributed by atoms with Crippen LogP contribution < -0.4 is 15.2 Å². The van der Waals surface area contributed by atoms with E-state index in [-0.39, 0.29) is 0 Å². The molecule has 4 heteroatoms. The quantitative estimate of drug-likeness (QED) is 0.776. The Morgan fingerprint density at radius 2 is 1.89 bits per heavy atom. The van der Waals surface area contributed by atoms with E-state index in [1.165, 1.54) is 0 Å². The van der Waals surface area contributed by atoms with Crippen molar-refractivity contribution in [3.8, 4) is 11.5 Å². The minimum absolute atomic E-state index is 0.329. The van der Waals surface area contributed by atoms with E-state index in [1.807, 2.05) is 6.07 Å². The second-order valence-electron chi connectivity index (χ2n) is 4.89. The summed E-state index contributed by atoms with van der Waals surface area (Å²) in [5, 5.41) is 0.748. The second-order valence-corrected chi connectivity index (χ2v) is 5.29. The molecule has 0 aromatic heterocycles. The maximum Gasteiger partial charge on any atom is 0.164 e. The molecule has 0 fully saturated rings. The van der Waals surface area contributed by atoms with Crippen LogP contribution in [0.25, 0.3) is 0 Å². The zero-order valence-electron chi connectivity index (χ0n) is 12.3. The molecule has 0 radical (unpaired) electrons. The summed E-state index contributed by atoms with van der Waals surface area (Å²) >= 11 is 6.40. The highest BCUT2D eigenvalue weighted by Crippen LogP contribution is 2.42. The fourth-order valence-corrected chi connectivity index (χ4v) is 2.63. The molecule has 0 atom stereocenters. The zero-order chi connectivity index (χ0) is 14.4. The van der Waals surface area contributed by atoms with Gasteiger partial charge in [0.25, 0.3) is 0 Å². The van der Waals surface area contributed by atoms with Crippen LogP contribution in [0.5, 0.6) is 11.5 Å². The Morgan fingerprint density at radius 3 is 2.37 bits per heavy atom. The van der Waals surface area contributed by atoms with Crippen molar-refractivity contribution < 1.29 is 9.47 Å². The van der Waals surface area contributed by atoms with Gasteiger partial charge < -0.3 is 15.2 Å². The molecule has 0 aliphatic carbocycles. The van der Waals surface area contributed by atoms with Crippen molar-refractivity contribution in [3.05, 3.63) is 22.2 Å². The summed E-state index contributed by atoms with van der Waals surface area (Å²) in [6.45, 7) is 4.99. The van der Waals surface area contributed by atoms with Gasteiger partial charge >= 0.3 is 0 Å². The third-order valence-electron chi connectivity index (χ3n) is 3.22. The highest BCUT2D eigenvalue weighted by Gasteiger charge is 2.20. The van der Waals surface area contributed by atoms with Crippen LogP contribution in [0.2, 0.25) is 5.02 Å². The first-order chi connectivity index (χ1) is 9.06. The van der Waals surface area contributed by atoms with E-state index in [2.05, 4.69) is 13.8 Å². The van der Waals surface area contributed by atoms with Gasteiger partial charge in [-0.3, -0.25) is 0 Å². The minimum atomic E-state index is 0.329. The van der Waals surface area contributed by atoms with Gasteiger partial charge in [0.1, 0.15) is 0 Å². The predicted molar refractivity (Wildman–Crippen MR) is 80.6 cm³/mol. The second kappa shape index (κ2) is 7.61. The van der Waals surface area contributed by atoms with Crippen LogP contribution in [0, 0.1) is 0 Å². The molecule has 0 unspecified atom stereocenters. The topological polar surface area (TPSA) is 44.5 Å². The van der Waals surface area contributed by atoms with Crippen LogP contribution in [-0.2, 0) is 6.42 Å². The highest BCUT2D eigenvalue weighted by molar-refractivity contribution is 6.31. The molecule has 0 heterocycles. The monoisotopic (exact) mass is 285 g/mol. The Hall–Kier alpha value is -0.930. The standard InChI is InChI=1S/C15H24ClNO2/c1-10(2)14-11(7-5-6-8-17)12(16)9-13(18-3)15(14)19-4/h9-10H,5-8,17H2,1-4H3. The van der Waals surface area contributed by atoms with Crippen molar-refractivity contribution in [2.24, 2.45) is 5.73 Å². The Labute approximate surface area is 121 Å². The molecule has 2 N–H and O–H groups in total. The van der Waals surface area contributed by atoms with Crippen LogP contribution in [0.4, 0.5) is 0 Å². The fraction of sp³-hybridized carbons (Fsp3) is 0.600. The lowest BCUT2D eigenvalue weighted by atomic mass is 9.92.